The van der Waals surface area contributed by atoms with Gasteiger partial charge in [-0.3, -0.25) is 0 Å². The third-order valence-corrected chi connectivity index (χ3v) is 6.26. The first-order valence-electron chi connectivity index (χ1n) is 10.5. The number of rotatable bonds is 4. The van der Waals surface area contributed by atoms with Crippen molar-refractivity contribution in [2.75, 3.05) is 6.54 Å². The van der Waals surface area contributed by atoms with Crippen molar-refractivity contribution in [1.29, 1.82) is 0 Å². The smallest absolute Gasteiger partial charge is 0.0443 e. The lowest BCUT2D eigenvalue weighted by molar-refractivity contribution is 0.380. The zero-order valence-electron chi connectivity index (χ0n) is 15.8. The topological polar surface area (TPSA) is 12.0 Å². The van der Waals surface area contributed by atoms with Crippen LogP contribution in [0.3, 0.4) is 0 Å². The summed E-state index contributed by atoms with van der Waals surface area (Å²) in [5, 5.41) is 4.47. The maximum Gasteiger partial charge on any atom is 0.0443 e. The van der Waals surface area contributed by atoms with E-state index in [-0.39, 0.29) is 0 Å². The van der Waals surface area contributed by atoms with E-state index in [9.17, 15) is 0 Å². The summed E-state index contributed by atoms with van der Waals surface area (Å²) < 4.78 is 0. The van der Waals surface area contributed by atoms with E-state index in [1.165, 1.54) is 75.3 Å². The molecule has 1 aromatic rings. The maximum atomic E-state index is 6.41. The van der Waals surface area contributed by atoms with Crippen LogP contribution in [0.1, 0.15) is 94.1 Å². The molecule has 0 bridgehead atoms. The molecule has 0 aliphatic heterocycles. The van der Waals surface area contributed by atoms with E-state index in [4.69, 9.17) is 11.6 Å². The summed E-state index contributed by atoms with van der Waals surface area (Å²) >= 11 is 6.41. The van der Waals surface area contributed by atoms with Crippen LogP contribution >= 0.6 is 11.6 Å². The molecule has 0 amide bonds. The molecule has 0 aromatic heterocycles. The highest BCUT2D eigenvalue weighted by molar-refractivity contribution is 6.31. The van der Waals surface area contributed by atoms with Gasteiger partial charge in [0.25, 0.3) is 0 Å². The van der Waals surface area contributed by atoms with Gasteiger partial charge in [-0.05, 0) is 55.3 Å². The van der Waals surface area contributed by atoms with Crippen LogP contribution in [0.5, 0.6) is 0 Å². The second-order valence-corrected chi connectivity index (χ2v) is 8.33. The van der Waals surface area contributed by atoms with Crippen LogP contribution in [0.4, 0.5) is 0 Å². The Morgan fingerprint density at radius 2 is 1.56 bits per heavy atom. The van der Waals surface area contributed by atoms with Crippen molar-refractivity contribution in [1.82, 2.24) is 5.32 Å². The molecule has 2 heteroatoms. The summed E-state index contributed by atoms with van der Waals surface area (Å²) in [5.74, 6) is 1.28. The molecule has 3 aliphatic carbocycles. The Labute approximate surface area is 159 Å². The van der Waals surface area contributed by atoms with Crippen LogP contribution in [0.2, 0.25) is 5.02 Å². The van der Waals surface area contributed by atoms with Gasteiger partial charge < -0.3 is 5.32 Å². The van der Waals surface area contributed by atoms with Crippen molar-refractivity contribution in [3.63, 3.8) is 0 Å². The van der Waals surface area contributed by atoms with Crippen molar-refractivity contribution in [3.8, 4) is 0 Å². The van der Waals surface area contributed by atoms with Gasteiger partial charge in [0.2, 0.25) is 0 Å². The summed E-state index contributed by atoms with van der Waals surface area (Å²) in [6.07, 6.45) is 18.4. The van der Waals surface area contributed by atoms with E-state index in [2.05, 4.69) is 42.6 Å². The molecule has 3 aliphatic rings. The summed E-state index contributed by atoms with van der Waals surface area (Å²) in [4.78, 5) is 0. The molecule has 2 fully saturated rings. The average Bonchev–Trinajstić information content (AvgIpc) is 3.49. The molecule has 138 valence electrons. The first-order chi connectivity index (χ1) is 12.3. The largest absolute Gasteiger partial charge is 0.314 e. The number of halogens is 1. The fourth-order valence-electron chi connectivity index (χ4n) is 4.37. The molecule has 2 saturated carbocycles. The number of benzene rings is 1. The minimum Gasteiger partial charge on any atom is -0.314 e. The molecule has 1 N–H and O–H groups in total. The molecule has 4 rings (SSSR count). The van der Waals surface area contributed by atoms with Gasteiger partial charge in [0.1, 0.15) is 0 Å². The third kappa shape index (κ3) is 5.86. The van der Waals surface area contributed by atoms with E-state index in [1.807, 2.05) is 0 Å². The highest BCUT2D eigenvalue weighted by Crippen LogP contribution is 2.39. The zero-order chi connectivity index (χ0) is 17.5. The average molecular weight is 360 g/mol. The predicted octanol–water partition coefficient (Wildman–Crippen LogP) is 6.97. The minimum atomic E-state index is 0.568. The molecule has 25 heavy (non-hydrogen) atoms. The zero-order valence-corrected chi connectivity index (χ0v) is 16.5. The van der Waals surface area contributed by atoms with Gasteiger partial charge in [-0.15, -0.1) is 0 Å². The quantitative estimate of drug-likeness (QED) is 0.572. The fraction of sp³-hybridized carbons (Fsp3) is 0.652. The molecule has 1 nitrogen and oxygen atoms in total. The number of hydrogen-bond acceptors (Lipinski definition) is 1. The molecule has 0 spiro atoms. The van der Waals surface area contributed by atoms with E-state index >= 15 is 0 Å². The number of hydrogen-bond donors (Lipinski definition) is 1. The lowest BCUT2D eigenvalue weighted by atomic mass is 9.83. The van der Waals surface area contributed by atoms with Crippen LogP contribution < -0.4 is 5.32 Å². The normalized spacial score (nSPS) is 21.7. The molecular weight excluding hydrogens is 326 g/mol. The Bertz CT molecular complexity index is 544. The summed E-state index contributed by atoms with van der Waals surface area (Å²) in [6.45, 7) is 3.33. The summed E-state index contributed by atoms with van der Waals surface area (Å²) in [7, 11) is 0. The Hall–Kier alpha value is -0.790. The van der Waals surface area contributed by atoms with Crippen molar-refractivity contribution in [2.45, 2.75) is 89.0 Å². The second-order valence-electron chi connectivity index (χ2n) is 7.92. The van der Waals surface area contributed by atoms with E-state index in [1.54, 1.807) is 0 Å². The standard InChI is InChI=1S/C15H17Cl.C8H17N/c16-15-10-13(11-6-7-11)8-9-14(15)12-4-2-1-3-5-12;1-2-9-8-6-4-3-5-7-8/h6-12H,1-5H2;8-9H,2-7H2,1H3. The molecule has 0 radical (unpaired) electrons. The Morgan fingerprint density at radius 3 is 2.12 bits per heavy atom. The van der Waals surface area contributed by atoms with Crippen LogP contribution in [0, 0.1) is 0 Å². The van der Waals surface area contributed by atoms with Gasteiger partial charge in [-0.25, -0.2) is 0 Å². The first-order valence-corrected chi connectivity index (χ1v) is 10.9. The van der Waals surface area contributed by atoms with Crippen LogP contribution in [0.25, 0.3) is 0 Å². The van der Waals surface area contributed by atoms with Gasteiger partial charge in [0.15, 0.2) is 0 Å². The monoisotopic (exact) mass is 359 g/mol. The van der Waals surface area contributed by atoms with Gasteiger partial charge in [-0.2, -0.15) is 0 Å². The molecule has 0 heterocycles. The number of nitrogens with one attached hydrogen (secondary N) is 1. The number of allylic oxidation sites excluding steroid dienone is 2. The van der Waals surface area contributed by atoms with E-state index in [0.717, 1.165) is 17.6 Å². The summed E-state index contributed by atoms with van der Waals surface area (Å²) in [5.41, 5.74) is 2.73. The Kier molecular flexibility index (Phi) is 7.43. The van der Waals surface area contributed by atoms with Crippen LogP contribution in [-0.4, -0.2) is 12.6 Å². The Morgan fingerprint density at radius 1 is 0.920 bits per heavy atom. The van der Waals surface area contributed by atoms with Crippen molar-refractivity contribution in [3.05, 3.63) is 46.5 Å². The van der Waals surface area contributed by atoms with Gasteiger partial charge in [0, 0.05) is 17.0 Å². The maximum absolute atomic E-state index is 6.41. The lowest BCUT2D eigenvalue weighted by Gasteiger charge is -2.23. The van der Waals surface area contributed by atoms with Crippen molar-refractivity contribution in [2.24, 2.45) is 0 Å². The van der Waals surface area contributed by atoms with Crippen LogP contribution in [0.15, 0.2) is 30.4 Å². The predicted molar refractivity (Wildman–Crippen MR) is 110 cm³/mol. The first kappa shape index (κ1) is 19.0. The lowest BCUT2D eigenvalue weighted by Crippen LogP contribution is -2.30. The van der Waals surface area contributed by atoms with Gasteiger partial charge in [-0.1, -0.05) is 81.3 Å². The molecule has 0 saturated heterocycles. The van der Waals surface area contributed by atoms with Gasteiger partial charge in [0.05, 0.1) is 0 Å². The van der Waals surface area contributed by atoms with Crippen molar-refractivity contribution >= 4 is 11.6 Å². The van der Waals surface area contributed by atoms with Gasteiger partial charge >= 0.3 is 0 Å². The highest BCUT2D eigenvalue weighted by Gasteiger charge is 2.20. The van der Waals surface area contributed by atoms with E-state index in [0.29, 0.717) is 11.8 Å². The highest BCUT2D eigenvalue weighted by atomic mass is 35.5. The van der Waals surface area contributed by atoms with Crippen LogP contribution in [-0.2, 0) is 0 Å². The molecular formula is C23H34ClN. The second kappa shape index (κ2) is 9.78. The SMILES string of the molecule is CCNC1CCCCC1.Clc1cc(C2C=C2)ccc1C1CCCCC1. The Balaban J connectivity index is 0.000000173. The third-order valence-electron chi connectivity index (χ3n) is 5.94. The molecule has 1 aromatic carbocycles. The minimum absolute atomic E-state index is 0.568. The van der Waals surface area contributed by atoms with Crippen molar-refractivity contribution < 1.29 is 0 Å². The molecule has 0 atom stereocenters. The fourth-order valence-corrected chi connectivity index (χ4v) is 4.71. The van der Waals surface area contributed by atoms with E-state index < -0.39 is 0 Å². The molecule has 0 unspecified atom stereocenters. The summed E-state index contributed by atoms with van der Waals surface area (Å²) in [6, 6.07) is 7.52.